The van der Waals surface area contributed by atoms with E-state index in [1.165, 1.54) is 0 Å². The van der Waals surface area contributed by atoms with Crippen molar-refractivity contribution in [2.75, 3.05) is 6.54 Å². The number of nitrogens with one attached hydrogen (secondary N) is 3. The van der Waals surface area contributed by atoms with Crippen molar-refractivity contribution in [1.29, 1.82) is 0 Å². The predicted molar refractivity (Wildman–Crippen MR) is 140 cm³/mol. The molecule has 5 N–H and O–H groups in total. The lowest BCUT2D eigenvalue weighted by atomic mass is 10.1. The van der Waals surface area contributed by atoms with Crippen LogP contribution in [0.3, 0.4) is 0 Å². The summed E-state index contributed by atoms with van der Waals surface area (Å²) in [7, 11) is 0. The maximum absolute atomic E-state index is 13.2. The molecule has 6 rings (SSSR count). The van der Waals surface area contributed by atoms with Crippen molar-refractivity contribution in [2.24, 2.45) is 5.73 Å². The summed E-state index contributed by atoms with van der Waals surface area (Å²) in [6.45, 7) is 1.72. The molecule has 3 heterocycles. The highest BCUT2D eigenvalue weighted by atomic mass is 16.5. The Morgan fingerprint density at radius 1 is 0.917 bits per heavy atom. The van der Waals surface area contributed by atoms with E-state index in [0.717, 1.165) is 22.9 Å². The number of benzene rings is 3. The van der Waals surface area contributed by atoms with Crippen molar-refractivity contribution < 1.29 is 4.74 Å². The molecule has 0 aliphatic rings. The second-order valence-electron chi connectivity index (χ2n) is 8.74. The van der Waals surface area contributed by atoms with E-state index in [1.807, 2.05) is 54.7 Å². The number of aryl methyl sites for hydroxylation is 1. The molecular formula is C27H24N6O3. The molecule has 0 saturated carbocycles. The molecule has 180 valence electrons. The Hall–Kier alpha value is -4.63. The van der Waals surface area contributed by atoms with Crippen LogP contribution in [-0.2, 0) is 13.2 Å². The third kappa shape index (κ3) is 3.95. The van der Waals surface area contributed by atoms with Crippen LogP contribution >= 0.6 is 0 Å². The topological polar surface area (TPSA) is 135 Å². The first-order valence-electron chi connectivity index (χ1n) is 11.8. The van der Waals surface area contributed by atoms with Gasteiger partial charge in [0.2, 0.25) is 0 Å². The number of nitrogens with zero attached hydrogens (tertiary/aromatic N) is 2. The van der Waals surface area contributed by atoms with Gasteiger partial charge in [0.1, 0.15) is 18.1 Å². The molecule has 9 heteroatoms. The number of hydrogen-bond acceptors (Lipinski definition) is 5. The Labute approximate surface area is 204 Å². The van der Waals surface area contributed by atoms with E-state index in [1.54, 1.807) is 12.1 Å². The van der Waals surface area contributed by atoms with Crippen LogP contribution in [0.15, 0.2) is 76.4 Å². The van der Waals surface area contributed by atoms with Crippen LogP contribution in [0.5, 0.6) is 5.75 Å². The third-order valence-electron chi connectivity index (χ3n) is 6.29. The normalized spacial score (nSPS) is 11.6. The summed E-state index contributed by atoms with van der Waals surface area (Å²) in [6.07, 6.45) is 2.75. The van der Waals surface area contributed by atoms with Gasteiger partial charge < -0.3 is 30.0 Å². The number of aromatic nitrogens is 5. The zero-order chi connectivity index (χ0) is 24.6. The van der Waals surface area contributed by atoms with Crippen molar-refractivity contribution in [3.8, 4) is 17.0 Å². The Kier molecular flexibility index (Phi) is 5.38. The van der Waals surface area contributed by atoms with Crippen LogP contribution in [0.1, 0.15) is 12.0 Å². The van der Waals surface area contributed by atoms with Crippen LogP contribution < -0.4 is 21.7 Å². The van der Waals surface area contributed by atoms with Gasteiger partial charge in [0, 0.05) is 29.2 Å². The number of fused-ring (bicyclic) bond motifs is 3. The molecule has 6 aromatic rings. The maximum Gasteiger partial charge on any atom is 0.323 e. The van der Waals surface area contributed by atoms with E-state index in [2.05, 4.69) is 19.5 Å². The van der Waals surface area contributed by atoms with Crippen LogP contribution in [-0.4, -0.2) is 31.0 Å². The minimum Gasteiger partial charge on any atom is -0.489 e. The van der Waals surface area contributed by atoms with E-state index < -0.39 is 0 Å². The quantitative estimate of drug-likeness (QED) is 0.277. The molecule has 0 radical (unpaired) electrons. The second-order valence-corrected chi connectivity index (χ2v) is 8.74. The van der Waals surface area contributed by atoms with E-state index in [4.69, 9.17) is 15.5 Å². The standard InChI is InChI=1S/C27H24N6O3/c28-9-4-10-33-14-19(18-11-17(7-8-24(18)33)36-15-16-5-2-1-3-6-16)25-26(34)30-21-13-23-22(12-20(21)29-25)31-27(35)32-23/h1-3,5-8,11-14H,4,9-10,15,28H2,(H,30,34)(H2,31,32,35). The van der Waals surface area contributed by atoms with Gasteiger partial charge in [-0.25, -0.2) is 9.78 Å². The summed E-state index contributed by atoms with van der Waals surface area (Å²) in [6, 6.07) is 19.3. The van der Waals surface area contributed by atoms with E-state index >= 15 is 0 Å². The molecule has 0 fully saturated rings. The molecule has 0 aliphatic carbocycles. The minimum atomic E-state index is -0.312. The molecule has 0 unspecified atom stereocenters. The lowest BCUT2D eigenvalue weighted by molar-refractivity contribution is 0.306. The summed E-state index contributed by atoms with van der Waals surface area (Å²) in [5, 5.41) is 0.867. The fourth-order valence-corrected chi connectivity index (χ4v) is 4.54. The molecule has 36 heavy (non-hydrogen) atoms. The smallest absolute Gasteiger partial charge is 0.323 e. The molecule has 0 atom stereocenters. The Morgan fingerprint density at radius 3 is 2.53 bits per heavy atom. The average Bonchev–Trinajstić information content (AvgIpc) is 3.43. The summed E-state index contributed by atoms with van der Waals surface area (Å²) in [4.78, 5) is 38.0. The monoisotopic (exact) mass is 480 g/mol. The number of imidazole rings is 1. The minimum absolute atomic E-state index is 0.302. The molecule has 0 amide bonds. The van der Waals surface area contributed by atoms with Gasteiger partial charge in [0.15, 0.2) is 0 Å². The molecule has 0 bridgehead atoms. The van der Waals surface area contributed by atoms with Crippen molar-refractivity contribution in [2.45, 2.75) is 19.6 Å². The maximum atomic E-state index is 13.2. The summed E-state index contributed by atoms with van der Waals surface area (Å²) < 4.78 is 8.15. The van der Waals surface area contributed by atoms with Crippen LogP contribution in [0.25, 0.3) is 44.2 Å². The fourth-order valence-electron chi connectivity index (χ4n) is 4.54. The molecule has 3 aromatic heterocycles. The SMILES string of the molecule is NCCCn1cc(-c2nc3cc4[nH]c(=O)[nH]c4cc3[nH]c2=O)c2cc(OCc3ccccc3)ccc21. The predicted octanol–water partition coefficient (Wildman–Crippen LogP) is 3.64. The summed E-state index contributed by atoms with van der Waals surface area (Å²) in [5.74, 6) is 0.702. The van der Waals surface area contributed by atoms with Gasteiger partial charge in [-0.3, -0.25) is 4.79 Å². The molecule has 0 aliphatic heterocycles. The summed E-state index contributed by atoms with van der Waals surface area (Å²) in [5.41, 5.74) is 10.5. The van der Waals surface area contributed by atoms with Gasteiger partial charge in [0.25, 0.3) is 5.56 Å². The van der Waals surface area contributed by atoms with Crippen molar-refractivity contribution in [1.82, 2.24) is 24.5 Å². The highest BCUT2D eigenvalue weighted by molar-refractivity contribution is 5.97. The number of ether oxygens (including phenoxy) is 1. The van der Waals surface area contributed by atoms with Crippen LogP contribution in [0, 0.1) is 0 Å². The van der Waals surface area contributed by atoms with Gasteiger partial charge in [-0.05, 0) is 48.9 Å². The average molecular weight is 481 g/mol. The number of aromatic amines is 3. The van der Waals surface area contributed by atoms with Gasteiger partial charge in [-0.15, -0.1) is 0 Å². The first-order valence-corrected chi connectivity index (χ1v) is 11.8. The third-order valence-corrected chi connectivity index (χ3v) is 6.29. The first-order chi connectivity index (χ1) is 17.6. The van der Waals surface area contributed by atoms with Crippen LogP contribution in [0.2, 0.25) is 0 Å². The van der Waals surface area contributed by atoms with Crippen molar-refractivity contribution >= 4 is 33.0 Å². The molecule has 9 nitrogen and oxygen atoms in total. The van der Waals surface area contributed by atoms with Crippen LogP contribution in [0.4, 0.5) is 0 Å². The van der Waals surface area contributed by atoms with E-state index in [0.29, 0.717) is 58.8 Å². The highest BCUT2D eigenvalue weighted by Gasteiger charge is 2.17. The van der Waals surface area contributed by atoms with Gasteiger partial charge >= 0.3 is 5.69 Å². The largest absolute Gasteiger partial charge is 0.489 e. The molecular weight excluding hydrogens is 456 g/mol. The summed E-state index contributed by atoms with van der Waals surface area (Å²) >= 11 is 0. The molecule has 0 saturated heterocycles. The number of H-pyrrole nitrogens is 3. The molecule has 3 aromatic carbocycles. The lowest BCUT2D eigenvalue weighted by Crippen LogP contribution is -2.11. The van der Waals surface area contributed by atoms with Crippen molar-refractivity contribution in [3.05, 3.63) is 93.3 Å². The van der Waals surface area contributed by atoms with Gasteiger partial charge in [-0.1, -0.05) is 30.3 Å². The second kappa shape index (κ2) is 8.86. The van der Waals surface area contributed by atoms with Gasteiger partial charge in [0.05, 0.1) is 22.1 Å². The number of hydrogen-bond donors (Lipinski definition) is 4. The number of rotatable bonds is 7. The Bertz CT molecular complexity index is 1830. The Morgan fingerprint density at radius 2 is 1.72 bits per heavy atom. The lowest BCUT2D eigenvalue weighted by Gasteiger charge is -2.08. The van der Waals surface area contributed by atoms with E-state index in [9.17, 15) is 9.59 Å². The van der Waals surface area contributed by atoms with Crippen molar-refractivity contribution in [3.63, 3.8) is 0 Å². The zero-order valence-electron chi connectivity index (χ0n) is 19.4. The zero-order valence-corrected chi connectivity index (χ0v) is 19.4. The van der Waals surface area contributed by atoms with Gasteiger partial charge in [-0.2, -0.15) is 0 Å². The Balaban J connectivity index is 1.48. The highest BCUT2D eigenvalue weighted by Crippen LogP contribution is 2.32. The first kappa shape index (κ1) is 21.9. The number of nitrogens with two attached hydrogens (primary N) is 1. The molecule has 0 spiro atoms. The fraction of sp³-hybridized carbons (Fsp3) is 0.148. The van der Waals surface area contributed by atoms with E-state index in [-0.39, 0.29) is 11.2 Å².